The van der Waals surface area contributed by atoms with Crippen LogP contribution in [0.25, 0.3) is 0 Å². The summed E-state index contributed by atoms with van der Waals surface area (Å²) in [6, 6.07) is 2.00. The molecule has 8 nitrogen and oxygen atoms in total. The van der Waals surface area contributed by atoms with Crippen molar-refractivity contribution in [1.82, 2.24) is 15.0 Å². The van der Waals surface area contributed by atoms with Crippen LogP contribution in [0.3, 0.4) is 0 Å². The first-order chi connectivity index (χ1) is 17.4. The minimum atomic E-state index is -0.307. The average molecular weight is 514 g/mol. The molecule has 194 valence electrons. The molecule has 36 heavy (non-hydrogen) atoms. The Bertz CT molecular complexity index is 1120. The smallest absolute Gasteiger partial charge is 0.153 e. The van der Waals surface area contributed by atoms with Crippen LogP contribution in [0.4, 0.5) is 11.6 Å². The van der Waals surface area contributed by atoms with Gasteiger partial charge in [0.1, 0.15) is 11.5 Å². The van der Waals surface area contributed by atoms with Crippen LogP contribution in [0.1, 0.15) is 73.5 Å². The number of hydrogen-bond acceptors (Lipinski definition) is 8. The Kier molecular flexibility index (Phi) is 6.35. The molecule has 2 aromatic rings. The number of pyridine rings is 1. The van der Waals surface area contributed by atoms with Crippen LogP contribution in [0.15, 0.2) is 12.3 Å². The van der Waals surface area contributed by atoms with E-state index in [1.807, 2.05) is 17.9 Å². The number of hydrogen-bond donors (Lipinski definition) is 2. The maximum Gasteiger partial charge on any atom is 0.153 e. The third-order valence-corrected chi connectivity index (χ3v) is 9.18. The maximum atomic E-state index is 10.2. The van der Waals surface area contributed by atoms with Crippen molar-refractivity contribution in [3.05, 3.63) is 39.9 Å². The van der Waals surface area contributed by atoms with Crippen molar-refractivity contribution in [2.75, 3.05) is 42.6 Å². The van der Waals surface area contributed by atoms with Crippen LogP contribution in [0.5, 0.6) is 0 Å². The van der Waals surface area contributed by atoms with Gasteiger partial charge >= 0.3 is 0 Å². The summed E-state index contributed by atoms with van der Waals surface area (Å²) in [5.74, 6) is 2.08. The van der Waals surface area contributed by atoms with Gasteiger partial charge in [0, 0.05) is 38.3 Å². The van der Waals surface area contributed by atoms with Gasteiger partial charge in [0.05, 0.1) is 41.8 Å². The van der Waals surface area contributed by atoms with E-state index in [1.165, 1.54) is 6.42 Å². The topological polar surface area (TPSA) is 94.8 Å². The standard InChI is InChI=1S/C27H36ClN5O3/c1-16-3-5-27(15-36-16)6-9-32(10-7-27)25-22(14-34)31-24(17(2)30-25)21-11-20(21)19-4-8-29-26(23(19)28)33-12-18(35)13-33/h4,8,16,18,20-21,34-35H,3,5-7,9-15H2,1-2H3/t16-,20?,21?/m0/s1. The van der Waals surface area contributed by atoms with Crippen molar-refractivity contribution in [1.29, 1.82) is 0 Å². The third kappa shape index (κ3) is 4.36. The quantitative estimate of drug-likeness (QED) is 0.626. The predicted molar refractivity (Wildman–Crippen MR) is 139 cm³/mol. The highest BCUT2D eigenvalue weighted by Gasteiger charge is 2.45. The van der Waals surface area contributed by atoms with Gasteiger partial charge in [-0.1, -0.05) is 11.6 Å². The normalized spacial score (nSPS) is 27.9. The molecule has 6 rings (SSSR count). The number of anilines is 2. The number of rotatable bonds is 5. The Labute approximate surface area is 217 Å². The number of halogens is 1. The van der Waals surface area contributed by atoms with E-state index in [0.717, 1.165) is 74.0 Å². The molecule has 0 amide bonds. The molecule has 0 radical (unpaired) electrons. The van der Waals surface area contributed by atoms with Crippen molar-refractivity contribution in [2.45, 2.75) is 76.6 Å². The van der Waals surface area contributed by atoms with Crippen molar-refractivity contribution in [3.8, 4) is 0 Å². The molecule has 9 heteroatoms. The molecule has 3 saturated heterocycles. The second-order valence-electron chi connectivity index (χ2n) is 11.3. The fourth-order valence-electron chi connectivity index (χ4n) is 6.26. The lowest BCUT2D eigenvalue weighted by atomic mass is 9.73. The summed E-state index contributed by atoms with van der Waals surface area (Å²) < 4.78 is 6.00. The highest BCUT2D eigenvalue weighted by molar-refractivity contribution is 6.33. The van der Waals surface area contributed by atoms with Crippen LogP contribution in [-0.2, 0) is 11.3 Å². The molecule has 4 aliphatic rings. The Balaban J connectivity index is 1.18. The Morgan fingerprint density at radius 1 is 1.11 bits per heavy atom. The lowest BCUT2D eigenvalue weighted by Crippen LogP contribution is -2.51. The number of aryl methyl sites for hydroxylation is 1. The van der Waals surface area contributed by atoms with E-state index in [4.69, 9.17) is 26.3 Å². The third-order valence-electron chi connectivity index (χ3n) is 8.79. The first-order valence-corrected chi connectivity index (χ1v) is 13.7. The van der Waals surface area contributed by atoms with E-state index >= 15 is 0 Å². The number of aliphatic hydroxyl groups excluding tert-OH is 2. The number of aliphatic hydroxyl groups is 2. The summed E-state index contributed by atoms with van der Waals surface area (Å²) in [4.78, 5) is 18.7. The Morgan fingerprint density at radius 3 is 2.56 bits per heavy atom. The second kappa shape index (κ2) is 9.39. The number of ether oxygens (including phenoxy) is 1. The largest absolute Gasteiger partial charge is 0.390 e. The van der Waals surface area contributed by atoms with E-state index in [2.05, 4.69) is 16.8 Å². The van der Waals surface area contributed by atoms with Crippen LogP contribution in [0, 0.1) is 12.3 Å². The molecular formula is C27H36ClN5O3. The zero-order chi connectivity index (χ0) is 25.0. The molecule has 4 fully saturated rings. The van der Waals surface area contributed by atoms with Gasteiger partial charge in [0.2, 0.25) is 0 Å². The molecule has 0 bridgehead atoms. The van der Waals surface area contributed by atoms with E-state index in [-0.39, 0.29) is 24.5 Å². The maximum absolute atomic E-state index is 10.2. The first kappa shape index (κ1) is 24.3. The highest BCUT2D eigenvalue weighted by atomic mass is 35.5. The highest BCUT2D eigenvalue weighted by Crippen LogP contribution is 2.57. The Hall–Kier alpha value is -2.00. The molecule has 1 aliphatic carbocycles. The zero-order valence-electron chi connectivity index (χ0n) is 21.2. The van der Waals surface area contributed by atoms with Crippen LogP contribution < -0.4 is 9.80 Å². The SMILES string of the molecule is Cc1nc(N2CCC3(CC[C@H](C)OC3)CC2)c(CO)nc1C1CC1c1ccnc(N2CC(O)C2)c1Cl. The first-order valence-electron chi connectivity index (χ1n) is 13.3. The van der Waals surface area contributed by atoms with Crippen LogP contribution >= 0.6 is 11.6 Å². The van der Waals surface area contributed by atoms with Crippen molar-refractivity contribution in [3.63, 3.8) is 0 Å². The molecule has 3 atom stereocenters. The summed E-state index contributed by atoms with van der Waals surface area (Å²) in [7, 11) is 0. The van der Waals surface area contributed by atoms with Crippen molar-refractivity contribution in [2.24, 2.45) is 5.41 Å². The monoisotopic (exact) mass is 513 g/mol. The fraction of sp³-hybridized carbons (Fsp3) is 0.667. The minimum Gasteiger partial charge on any atom is -0.390 e. The van der Waals surface area contributed by atoms with E-state index in [9.17, 15) is 10.2 Å². The van der Waals surface area contributed by atoms with E-state index in [1.54, 1.807) is 6.20 Å². The number of nitrogens with zero attached hydrogens (tertiary/aromatic N) is 5. The molecule has 1 saturated carbocycles. The summed E-state index contributed by atoms with van der Waals surface area (Å²) in [5, 5.41) is 20.5. The van der Waals surface area contributed by atoms with Crippen molar-refractivity contribution < 1.29 is 14.9 Å². The molecule has 0 aromatic carbocycles. The number of piperidine rings is 1. The van der Waals surface area contributed by atoms with Gasteiger partial charge in [-0.15, -0.1) is 0 Å². The van der Waals surface area contributed by atoms with Gasteiger partial charge in [-0.25, -0.2) is 15.0 Å². The van der Waals surface area contributed by atoms with Gasteiger partial charge in [0.25, 0.3) is 0 Å². The lowest BCUT2D eigenvalue weighted by Gasteiger charge is -2.45. The second-order valence-corrected chi connectivity index (χ2v) is 11.7. The van der Waals surface area contributed by atoms with Crippen LogP contribution in [0.2, 0.25) is 5.02 Å². The zero-order valence-corrected chi connectivity index (χ0v) is 21.9. The average Bonchev–Trinajstić information content (AvgIpc) is 3.65. The van der Waals surface area contributed by atoms with Gasteiger partial charge in [0.15, 0.2) is 5.82 Å². The van der Waals surface area contributed by atoms with Crippen LogP contribution in [-0.4, -0.2) is 70.2 Å². The van der Waals surface area contributed by atoms with Crippen molar-refractivity contribution >= 4 is 23.2 Å². The summed E-state index contributed by atoms with van der Waals surface area (Å²) in [6.07, 6.45) is 7.39. The summed E-state index contributed by atoms with van der Waals surface area (Å²) in [5.41, 5.74) is 3.94. The molecule has 5 heterocycles. The predicted octanol–water partition coefficient (Wildman–Crippen LogP) is 3.56. The van der Waals surface area contributed by atoms with Gasteiger partial charge in [-0.3, -0.25) is 0 Å². The molecular weight excluding hydrogens is 478 g/mol. The molecule has 2 N–H and O–H groups in total. The van der Waals surface area contributed by atoms with E-state index < -0.39 is 0 Å². The van der Waals surface area contributed by atoms with Gasteiger partial charge in [-0.2, -0.15) is 0 Å². The number of aromatic nitrogens is 3. The summed E-state index contributed by atoms with van der Waals surface area (Å²) >= 11 is 6.77. The molecule has 2 aromatic heterocycles. The van der Waals surface area contributed by atoms with Gasteiger partial charge in [-0.05, 0) is 68.9 Å². The summed E-state index contributed by atoms with van der Waals surface area (Å²) in [6.45, 7) is 7.92. The minimum absolute atomic E-state index is 0.118. The Morgan fingerprint density at radius 2 is 1.89 bits per heavy atom. The molecule has 2 unspecified atom stereocenters. The van der Waals surface area contributed by atoms with E-state index in [0.29, 0.717) is 35.3 Å². The molecule has 3 aliphatic heterocycles. The van der Waals surface area contributed by atoms with Gasteiger partial charge < -0.3 is 24.7 Å². The molecule has 1 spiro atoms. The lowest BCUT2D eigenvalue weighted by molar-refractivity contribution is -0.0642. The number of β-amino-alcohol motifs (C(OH)–C–C–N with tert-alkyl or cyclic N) is 1. The fourth-order valence-corrected chi connectivity index (χ4v) is 6.63.